The Labute approximate surface area is 119 Å². The molecule has 2 aromatic rings. The molecule has 0 unspecified atom stereocenters. The van der Waals surface area contributed by atoms with Gasteiger partial charge in [-0.3, -0.25) is 10.1 Å². The zero-order valence-corrected chi connectivity index (χ0v) is 12.2. The first-order valence-electron chi connectivity index (χ1n) is 6.29. The van der Waals surface area contributed by atoms with Gasteiger partial charge in [-0.15, -0.1) is 11.3 Å². The van der Waals surface area contributed by atoms with Gasteiger partial charge in [0, 0.05) is 17.5 Å². The highest BCUT2D eigenvalue weighted by Crippen LogP contribution is 2.36. The SMILES string of the molecule is Cc1nsc(NC(=O)c2scnc2C2CCCC2)n1. The molecule has 0 saturated heterocycles. The highest BCUT2D eigenvalue weighted by molar-refractivity contribution is 7.12. The van der Waals surface area contributed by atoms with Crippen molar-refractivity contribution >= 4 is 33.9 Å². The van der Waals surface area contributed by atoms with Crippen LogP contribution in [0.4, 0.5) is 5.13 Å². The third-order valence-corrected chi connectivity index (χ3v) is 4.85. The van der Waals surface area contributed by atoms with E-state index in [0.717, 1.165) is 23.4 Å². The Morgan fingerprint density at radius 1 is 1.42 bits per heavy atom. The lowest BCUT2D eigenvalue weighted by molar-refractivity contribution is 0.102. The minimum atomic E-state index is -0.111. The molecule has 1 N–H and O–H groups in total. The van der Waals surface area contributed by atoms with Crippen LogP contribution in [-0.4, -0.2) is 20.2 Å². The van der Waals surface area contributed by atoms with Crippen LogP contribution in [0.3, 0.4) is 0 Å². The van der Waals surface area contributed by atoms with Crippen molar-refractivity contribution in [2.24, 2.45) is 0 Å². The van der Waals surface area contributed by atoms with Crippen LogP contribution in [0.1, 0.15) is 52.8 Å². The van der Waals surface area contributed by atoms with Gasteiger partial charge in [0.2, 0.25) is 5.13 Å². The van der Waals surface area contributed by atoms with Crippen molar-refractivity contribution in [1.29, 1.82) is 0 Å². The van der Waals surface area contributed by atoms with E-state index < -0.39 is 0 Å². The molecule has 1 aliphatic carbocycles. The number of aryl methyl sites for hydroxylation is 1. The van der Waals surface area contributed by atoms with Gasteiger partial charge in [0.05, 0.1) is 11.2 Å². The lowest BCUT2D eigenvalue weighted by Crippen LogP contribution is -2.13. The van der Waals surface area contributed by atoms with Crippen LogP contribution in [0.25, 0.3) is 0 Å². The number of hydrogen-bond donors (Lipinski definition) is 1. The summed E-state index contributed by atoms with van der Waals surface area (Å²) in [5, 5.41) is 3.35. The molecule has 1 fully saturated rings. The summed E-state index contributed by atoms with van der Waals surface area (Å²) in [6, 6.07) is 0. The Morgan fingerprint density at radius 3 is 2.89 bits per heavy atom. The average Bonchev–Trinajstić information content (AvgIpc) is 3.07. The monoisotopic (exact) mass is 294 g/mol. The highest BCUT2D eigenvalue weighted by Gasteiger charge is 2.25. The van der Waals surface area contributed by atoms with Crippen LogP contribution in [-0.2, 0) is 0 Å². The molecule has 0 spiro atoms. The fourth-order valence-electron chi connectivity index (χ4n) is 2.42. The smallest absolute Gasteiger partial charge is 0.269 e. The van der Waals surface area contributed by atoms with E-state index in [1.54, 1.807) is 5.51 Å². The van der Waals surface area contributed by atoms with E-state index in [4.69, 9.17) is 0 Å². The molecule has 2 heterocycles. The molecule has 1 amide bonds. The molecule has 7 heteroatoms. The molecule has 5 nitrogen and oxygen atoms in total. The maximum atomic E-state index is 12.3. The van der Waals surface area contributed by atoms with Crippen LogP contribution in [0.15, 0.2) is 5.51 Å². The number of anilines is 1. The highest BCUT2D eigenvalue weighted by atomic mass is 32.1. The number of thiazole rings is 1. The quantitative estimate of drug-likeness (QED) is 0.943. The summed E-state index contributed by atoms with van der Waals surface area (Å²) in [4.78, 5) is 21.5. The molecule has 1 aliphatic rings. The van der Waals surface area contributed by atoms with Gasteiger partial charge in [-0.25, -0.2) is 9.97 Å². The molecule has 0 aliphatic heterocycles. The number of rotatable bonds is 3. The Hall–Kier alpha value is -1.34. The minimum absolute atomic E-state index is 0.111. The molecule has 100 valence electrons. The standard InChI is InChI=1S/C12H14N4OS2/c1-7-14-12(19-16-7)15-11(17)10-9(13-6-18-10)8-4-2-3-5-8/h6,8H,2-5H2,1H3,(H,14,15,16,17). The molecule has 0 radical (unpaired) electrons. The van der Waals surface area contributed by atoms with E-state index in [9.17, 15) is 4.79 Å². The Kier molecular flexibility index (Phi) is 3.56. The van der Waals surface area contributed by atoms with Crippen molar-refractivity contribution in [3.63, 3.8) is 0 Å². The van der Waals surface area contributed by atoms with Crippen LogP contribution in [0.5, 0.6) is 0 Å². The van der Waals surface area contributed by atoms with Crippen molar-refractivity contribution < 1.29 is 4.79 Å². The normalized spacial score (nSPS) is 15.8. The van der Waals surface area contributed by atoms with Crippen molar-refractivity contribution in [3.05, 3.63) is 21.9 Å². The fraction of sp³-hybridized carbons (Fsp3) is 0.500. The summed E-state index contributed by atoms with van der Waals surface area (Å²) in [5.41, 5.74) is 2.72. The summed E-state index contributed by atoms with van der Waals surface area (Å²) in [6.45, 7) is 1.81. The number of hydrogen-bond acceptors (Lipinski definition) is 6. The number of nitrogens with one attached hydrogen (secondary N) is 1. The van der Waals surface area contributed by atoms with Crippen molar-refractivity contribution in [1.82, 2.24) is 14.3 Å². The van der Waals surface area contributed by atoms with Gasteiger partial charge in [0.1, 0.15) is 10.7 Å². The molecule has 3 rings (SSSR count). The molecule has 0 aromatic carbocycles. The maximum Gasteiger partial charge on any atom is 0.269 e. The molecule has 2 aromatic heterocycles. The Morgan fingerprint density at radius 2 is 2.21 bits per heavy atom. The summed E-state index contributed by atoms with van der Waals surface area (Å²) in [5.74, 6) is 1.02. The predicted octanol–water partition coefficient (Wildman–Crippen LogP) is 3.21. The van der Waals surface area contributed by atoms with Crippen molar-refractivity contribution in [2.75, 3.05) is 5.32 Å². The summed E-state index contributed by atoms with van der Waals surface area (Å²) in [6.07, 6.45) is 4.75. The van der Waals surface area contributed by atoms with Gasteiger partial charge >= 0.3 is 0 Å². The van der Waals surface area contributed by atoms with Gasteiger partial charge in [-0.1, -0.05) is 12.8 Å². The molecule has 0 bridgehead atoms. The minimum Gasteiger partial charge on any atom is -0.296 e. The average molecular weight is 294 g/mol. The Bertz CT molecular complexity index is 586. The third kappa shape index (κ3) is 2.66. The second-order valence-corrected chi connectivity index (χ2v) is 6.26. The van der Waals surface area contributed by atoms with E-state index in [1.165, 1.54) is 35.7 Å². The van der Waals surface area contributed by atoms with Crippen LogP contribution < -0.4 is 5.32 Å². The second kappa shape index (κ2) is 5.34. The predicted molar refractivity (Wildman–Crippen MR) is 75.9 cm³/mol. The van der Waals surface area contributed by atoms with E-state index in [-0.39, 0.29) is 5.91 Å². The van der Waals surface area contributed by atoms with E-state index in [1.807, 2.05) is 6.92 Å². The van der Waals surface area contributed by atoms with Crippen molar-refractivity contribution in [2.45, 2.75) is 38.5 Å². The van der Waals surface area contributed by atoms with Gasteiger partial charge in [0.25, 0.3) is 5.91 Å². The zero-order valence-electron chi connectivity index (χ0n) is 10.5. The van der Waals surface area contributed by atoms with Crippen LogP contribution >= 0.6 is 22.9 Å². The lowest BCUT2D eigenvalue weighted by Gasteiger charge is -2.08. The van der Waals surface area contributed by atoms with Crippen LogP contribution in [0.2, 0.25) is 0 Å². The van der Waals surface area contributed by atoms with E-state index in [0.29, 0.717) is 16.9 Å². The van der Waals surface area contributed by atoms with E-state index in [2.05, 4.69) is 19.7 Å². The molecule has 0 atom stereocenters. The molecular formula is C12H14N4OS2. The fourth-order valence-corrected chi connectivity index (χ4v) is 3.76. The van der Waals surface area contributed by atoms with Crippen LogP contribution in [0, 0.1) is 6.92 Å². The topological polar surface area (TPSA) is 67.8 Å². The van der Waals surface area contributed by atoms with Gasteiger partial charge in [-0.2, -0.15) is 4.37 Å². The molecule has 19 heavy (non-hydrogen) atoms. The van der Waals surface area contributed by atoms with Crippen molar-refractivity contribution in [3.8, 4) is 0 Å². The first-order valence-corrected chi connectivity index (χ1v) is 7.94. The van der Waals surface area contributed by atoms with Gasteiger partial charge < -0.3 is 0 Å². The Balaban J connectivity index is 1.78. The number of amides is 1. The summed E-state index contributed by atoms with van der Waals surface area (Å²) < 4.78 is 4.05. The number of aromatic nitrogens is 3. The van der Waals surface area contributed by atoms with Gasteiger partial charge in [-0.05, 0) is 19.8 Å². The third-order valence-electron chi connectivity index (χ3n) is 3.29. The first-order chi connectivity index (χ1) is 9.24. The zero-order chi connectivity index (χ0) is 13.2. The number of nitrogens with zero attached hydrogens (tertiary/aromatic N) is 3. The maximum absolute atomic E-state index is 12.3. The molecular weight excluding hydrogens is 280 g/mol. The van der Waals surface area contributed by atoms with E-state index >= 15 is 0 Å². The summed E-state index contributed by atoms with van der Waals surface area (Å²) in [7, 11) is 0. The second-order valence-electron chi connectivity index (χ2n) is 4.65. The first kappa shape index (κ1) is 12.7. The number of carbonyl (C=O) groups excluding carboxylic acids is 1. The van der Waals surface area contributed by atoms with Gasteiger partial charge in [0.15, 0.2) is 0 Å². The molecule has 1 saturated carbocycles. The number of carbonyl (C=O) groups is 1. The summed E-state index contributed by atoms with van der Waals surface area (Å²) >= 11 is 2.61. The lowest BCUT2D eigenvalue weighted by atomic mass is 10.0. The largest absolute Gasteiger partial charge is 0.296 e.